The number of hydrogen-bond donors (Lipinski definition) is 1. The van der Waals surface area contributed by atoms with E-state index in [9.17, 15) is 9.59 Å². The lowest BCUT2D eigenvalue weighted by atomic mass is 9.72. The molecule has 192 valence electrons. The van der Waals surface area contributed by atoms with Gasteiger partial charge in [-0.1, -0.05) is 77.4 Å². The highest BCUT2D eigenvalue weighted by molar-refractivity contribution is 8.16. The van der Waals surface area contributed by atoms with Crippen molar-refractivity contribution in [2.24, 2.45) is 4.99 Å². The molecule has 10 heteroatoms. The number of fused-ring (bicyclic) bond motifs is 4. The van der Waals surface area contributed by atoms with Crippen molar-refractivity contribution < 1.29 is 9.59 Å². The second-order valence-electron chi connectivity index (χ2n) is 9.98. The fourth-order valence-electron chi connectivity index (χ4n) is 6.55. The zero-order valence-electron chi connectivity index (χ0n) is 20.4. The second kappa shape index (κ2) is 8.48. The van der Waals surface area contributed by atoms with Crippen LogP contribution in [0.4, 0.5) is 11.4 Å². The summed E-state index contributed by atoms with van der Waals surface area (Å²) < 4.78 is -1.23. The van der Waals surface area contributed by atoms with Crippen LogP contribution in [0.15, 0.2) is 77.8 Å². The van der Waals surface area contributed by atoms with Crippen molar-refractivity contribution in [1.82, 2.24) is 9.80 Å². The first kappa shape index (κ1) is 24.0. The molecule has 2 spiro atoms. The van der Waals surface area contributed by atoms with Crippen LogP contribution in [0.1, 0.15) is 17.0 Å². The number of amidine groups is 1. The molecular weight excluding hydrogens is 541 g/mol. The average molecular weight is 564 g/mol. The molecule has 3 atom stereocenters. The van der Waals surface area contributed by atoms with Crippen molar-refractivity contribution in [2.45, 2.75) is 16.2 Å². The summed E-state index contributed by atoms with van der Waals surface area (Å²) in [5, 5.41) is 4.70. The number of carbonyl (C=O) groups excluding carboxylic acids is 2. The number of benzene rings is 3. The van der Waals surface area contributed by atoms with Crippen LogP contribution in [-0.4, -0.2) is 58.5 Å². The molecule has 2 amide bonds. The van der Waals surface area contributed by atoms with Gasteiger partial charge in [0.2, 0.25) is 5.91 Å². The number of hydrogen-bond acceptors (Lipinski definition) is 6. The van der Waals surface area contributed by atoms with Crippen LogP contribution in [0.3, 0.4) is 0 Å². The molecule has 3 aromatic carbocycles. The van der Waals surface area contributed by atoms with Gasteiger partial charge >= 0.3 is 0 Å². The van der Waals surface area contributed by atoms with Crippen molar-refractivity contribution in [2.75, 3.05) is 37.1 Å². The quantitative estimate of drug-likeness (QED) is 0.476. The van der Waals surface area contributed by atoms with Crippen LogP contribution in [0.2, 0.25) is 10.0 Å². The standard InChI is InChI=1S/C28H23Cl2N5O2S/c1-33-14-21(19-12-11-17(29)13-22(19)30)28(27(33)20-9-5-6-10-23(20)32-24(27)36)25(37)35-16-34(15-31-26(35)38-28)18-7-3-2-4-8-18/h2-13,21H,14-16H2,1H3,(H,32,36). The largest absolute Gasteiger partial charge is 0.334 e. The highest BCUT2D eigenvalue weighted by atomic mass is 35.5. The van der Waals surface area contributed by atoms with Gasteiger partial charge in [-0.15, -0.1) is 0 Å². The van der Waals surface area contributed by atoms with E-state index in [1.54, 1.807) is 17.0 Å². The number of likely N-dealkylation sites (tertiary alicyclic amines) is 1. The number of nitrogens with zero attached hydrogens (tertiary/aromatic N) is 4. The molecule has 38 heavy (non-hydrogen) atoms. The van der Waals surface area contributed by atoms with Crippen LogP contribution in [-0.2, 0) is 15.1 Å². The summed E-state index contributed by atoms with van der Waals surface area (Å²) >= 11 is 14.4. The number of nitrogens with one attached hydrogen (secondary N) is 1. The second-order valence-corrected chi connectivity index (χ2v) is 12.0. The summed E-state index contributed by atoms with van der Waals surface area (Å²) in [5.41, 5.74) is 2.03. The van der Waals surface area contributed by atoms with Crippen LogP contribution >= 0.6 is 35.0 Å². The highest BCUT2D eigenvalue weighted by Gasteiger charge is 2.78. The Kier molecular flexibility index (Phi) is 5.36. The van der Waals surface area contributed by atoms with Gasteiger partial charge in [0.1, 0.15) is 18.1 Å². The molecule has 7 rings (SSSR count). The summed E-state index contributed by atoms with van der Waals surface area (Å²) in [6, 6.07) is 22.9. The zero-order chi connectivity index (χ0) is 26.2. The molecule has 3 unspecified atom stereocenters. The first-order valence-corrected chi connectivity index (χ1v) is 13.9. The number of rotatable bonds is 2. The molecule has 4 aliphatic rings. The Hall–Kier alpha value is -3.04. The maximum Gasteiger partial charge on any atom is 0.251 e. The fraction of sp³-hybridized carbons (Fsp3) is 0.250. The lowest BCUT2D eigenvalue weighted by Gasteiger charge is -2.42. The maximum atomic E-state index is 14.9. The molecule has 4 aliphatic heterocycles. The Labute approximate surface area is 234 Å². The molecule has 1 N–H and O–H groups in total. The molecule has 4 heterocycles. The number of para-hydroxylation sites is 2. The van der Waals surface area contributed by atoms with Gasteiger partial charge in [0.05, 0.1) is 0 Å². The third kappa shape index (κ3) is 3.00. The summed E-state index contributed by atoms with van der Waals surface area (Å²) in [6.45, 7) is 1.22. The molecule has 2 fully saturated rings. The normalized spacial score (nSPS) is 28.2. The number of anilines is 2. The predicted octanol–water partition coefficient (Wildman–Crippen LogP) is 4.98. The van der Waals surface area contributed by atoms with E-state index < -0.39 is 16.2 Å². The lowest BCUT2D eigenvalue weighted by Crippen LogP contribution is -2.62. The van der Waals surface area contributed by atoms with E-state index in [2.05, 4.69) is 10.2 Å². The van der Waals surface area contributed by atoms with E-state index in [4.69, 9.17) is 28.2 Å². The first-order chi connectivity index (χ1) is 18.4. The van der Waals surface area contributed by atoms with E-state index >= 15 is 0 Å². The van der Waals surface area contributed by atoms with Crippen molar-refractivity contribution in [3.8, 4) is 0 Å². The third-order valence-corrected chi connectivity index (χ3v) is 10.3. The average Bonchev–Trinajstić information content (AvgIpc) is 3.49. The maximum absolute atomic E-state index is 14.9. The monoisotopic (exact) mass is 563 g/mol. The number of aliphatic imine (C=N–C) groups is 1. The Morgan fingerprint density at radius 3 is 2.58 bits per heavy atom. The van der Waals surface area contributed by atoms with Crippen molar-refractivity contribution in [3.05, 3.63) is 94.0 Å². The minimum absolute atomic E-state index is 0.144. The first-order valence-electron chi connectivity index (χ1n) is 12.3. The van der Waals surface area contributed by atoms with Gasteiger partial charge in [-0.2, -0.15) is 0 Å². The summed E-state index contributed by atoms with van der Waals surface area (Å²) in [7, 11) is 1.91. The molecule has 0 aliphatic carbocycles. The van der Waals surface area contributed by atoms with Crippen LogP contribution < -0.4 is 10.2 Å². The number of halogens is 2. The number of amides is 2. The van der Waals surface area contributed by atoms with Crippen LogP contribution in [0.25, 0.3) is 0 Å². The van der Waals surface area contributed by atoms with Gasteiger partial charge in [-0.05, 0) is 42.9 Å². The molecule has 0 radical (unpaired) electrons. The SMILES string of the molecule is CN1CC(c2ccc(Cl)cc2Cl)C2(SC3=NCN(c4ccccc4)CN3C2=O)C12C(=O)Nc1ccccc12. The van der Waals surface area contributed by atoms with Crippen molar-refractivity contribution >= 4 is 63.3 Å². The van der Waals surface area contributed by atoms with Gasteiger partial charge in [-0.3, -0.25) is 19.4 Å². The number of likely N-dealkylation sites (N-methyl/N-ethyl adjacent to an activating group) is 1. The van der Waals surface area contributed by atoms with E-state index in [1.165, 1.54) is 11.8 Å². The molecule has 0 bridgehead atoms. The Bertz CT molecular complexity index is 1530. The fourth-order valence-corrected chi connectivity index (χ4v) is 8.80. The minimum Gasteiger partial charge on any atom is -0.334 e. The van der Waals surface area contributed by atoms with Gasteiger partial charge in [0.15, 0.2) is 10.7 Å². The van der Waals surface area contributed by atoms with E-state index in [0.29, 0.717) is 35.1 Å². The lowest BCUT2D eigenvalue weighted by molar-refractivity contribution is -0.138. The third-order valence-electron chi connectivity index (χ3n) is 8.15. The number of carbonyl (C=O) groups is 2. The summed E-state index contributed by atoms with van der Waals surface area (Å²) in [5.74, 6) is -0.755. The Morgan fingerprint density at radius 2 is 1.79 bits per heavy atom. The van der Waals surface area contributed by atoms with Crippen LogP contribution in [0.5, 0.6) is 0 Å². The van der Waals surface area contributed by atoms with Gasteiger partial charge < -0.3 is 10.2 Å². The predicted molar refractivity (Wildman–Crippen MR) is 152 cm³/mol. The van der Waals surface area contributed by atoms with E-state index in [-0.39, 0.29) is 11.8 Å². The van der Waals surface area contributed by atoms with Crippen molar-refractivity contribution in [3.63, 3.8) is 0 Å². The van der Waals surface area contributed by atoms with Gasteiger partial charge in [-0.25, -0.2) is 4.99 Å². The van der Waals surface area contributed by atoms with Gasteiger partial charge in [0.25, 0.3) is 5.91 Å². The molecule has 0 aromatic heterocycles. The molecule has 3 aromatic rings. The number of thioether (sulfide) groups is 1. The minimum atomic E-state index is -1.25. The highest BCUT2D eigenvalue weighted by Crippen LogP contribution is 2.66. The van der Waals surface area contributed by atoms with E-state index in [0.717, 1.165) is 22.5 Å². The van der Waals surface area contributed by atoms with Crippen molar-refractivity contribution in [1.29, 1.82) is 0 Å². The van der Waals surface area contributed by atoms with Crippen LogP contribution in [0, 0.1) is 0 Å². The van der Waals surface area contributed by atoms with Gasteiger partial charge in [0, 0.05) is 39.4 Å². The van der Waals surface area contributed by atoms with E-state index in [1.807, 2.05) is 72.6 Å². The molecular formula is C28H23Cl2N5O2S. The Balaban J connectivity index is 1.43. The molecule has 7 nitrogen and oxygen atoms in total. The Morgan fingerprint density at radius 1 is 1.03 bits per heavy atom. The zero-order valence-corrected chi connectivity index (χ0v) is 22.7. The topological polar surface area (TPSA) is 68.2 Å². The summed E-state index contributed by atoms with van der Waals surface area (Å²) in [4.78, 5) is 39.7. The molecule has 0 saturated carbocycles. The smallest absolute Gasteiger partial charge is 0.251 e. The molecule has 2 saturated heterocycles. The summed E-state index contributed by atoms with van der Waals surface area (Å²) in [6.07, 6.45) is 0.